The highest BCUT2D eigenvalue weighted by Gasteiger charge is 2.23. The Hall–Kier alpha value is -5.41. The van der Waals surface area contributed by atoms with E-state index in [9.17, 15) is 0 Å². The molecule has 1 atom stereocenters. The van der Waals surface area contributed by atoms with E-state index in [4.69, 9.17) is 4.98 Å². The van der Waals surface area contributed by atoms with Gasteiger partial charge in [-0.2, -0.15) is 0 Å². The van der Waals surface area contributed by atoms with E-state index in [-0.39, 0.29) is 0 Å². The van der Waals surface area contributed by atoms with Crippen LogP contribution in [0.1, 0.15) is 48.2 Å². The maximum absolute atomic E-state index is 4.74. The Labute approximate surface area is 263 Å². The summed E-state index contributed by atoms with van der Waals surface area (Å²) in [5.74, 6) is 0.502. The van der Waals surface area contributed by atoms with Gasteiger partial charge in [-0.3, -0.25) is 4.98 Å². The predicted molar refractivity (Wildman–Crippen MR) is 188 cm³/mol. The van der Waals surface area contributed by atoms with Crippen LogP contribution < -0.4 is 0 Å². The van der Waals surface area contributed by atoms with Crippen LogP contribution in [0.3, 0.4) is 0 Å². The van der Waals surface area contributed by atoms with Gasteiger partial charge in [-0.05, 0) is 90.4 Å². The van der Waals surface area contributed by atoms with Crippen LogP contribution in [0.2, 0.25) is 0 Å². The lowest BCUT2D eigenvalue weighted by Gasteiger charge is -2.17. The summed E-state index contributed by atoms with van der Waals surface area (Å²) in [6.45, 7) is 2.34. The quantitative estimate of drug-likeness (QED) is 0.203. The lowest BCUT2D eigenvalue weighted by molar-refractivity contribution is 0.773. The van der Waals surface area contributed by atoms with Gasteiger partial charge < -0.3 is 9.13 Å². The highest BCUT2D eigenvalue weighted by molar-refractivity contribution is 5.94. The van der Waals surface area contributed by atoms with E-state index in [1.165, 1.54) is 61.3 Å². The van der Waals surface area contributed by atoms with Crippen LogP contribution in [0, 0.1) is 0 Å². The number of hydrogen-bond acceptors (Lipinski definition) is 1. The number of pyridine rings is 1. The molecule has 2 aliphatic carbocycles. The fourth-order valence-electron chi connectivity index (χ4n) is 7.62. The van der Waals surface area contributed by atoms with Gasteiger partial charge in [-0.15, -0.1) is 0 Å². The molecule has 0 spiro atoms. The lowest BCUT2D eigenvalue weighted by Crippen LogP contribution is -2.03. The number of para-hydroxylation sites is 2. The van der Waals surface area contributed by atoms with Crippen LogP contribution in [0.5, 0.6) is 0 Å². The summed E-state index contributed by atoms with van der Waals surface area (Å²) in [5, 5.41) is 2.67. The molecule has 1 unspecified atom stereocenters. The highest BCUT2D eigenvalue weighted by atomic mass is 15.0. The maximum Gasteiger partial charge on any atom is 0.0537 e. The number of nitrogens with zero attached hydrogens (tertiary/aromatic N) is 3. The third kappa shape index (κ3) is 4.15. The summed E-state index contributed by atoms with van der Waals surface area (Å²) in [4.78, 5) is 4.74. The molecule has 0 bridgehead atoms. The number of rotatable bonds is 4. The molecule has 0 saturated carbocycles. The zero-order chi connectivity index (χ0) is 29.9. The first-order chi connectivity index (χ1) is 22.2. The normalized spacial score (nSPS) is 15.4. The summed E-state index contributed by atoms with van der Waals surface area (Å²) in [5.41, 5.74) is 14.9. The molecule has 9 rings (SSSR count). The van der Waals surface area contributed by atoms with Gasteiger partial charge in [0, 0.05) is 62.6 Å². The third-order valence-electron chi connectivity index (χ3n) is 9.67. The van der Waals surface area contributed by atoms with Gasteiger partial charge in [0.25, 0.3) is 0 Å². The van der Waals surface area contributed by atoms with Crippen molar-refractivity contribution in [2.24, 2.45) is 0 Å². The monoisotopic (exact) mass is 579 g/mol. The molecule has 3 heteroatoms. The Morgan fingerprint density at radius 2 is 1.29 bits per heavy atom. The van der Waals surface area contributed by atoms with Crippen molar-refractivity contribution in [2.75, 3.05) is 0 Å². The molecule has 2 aliphatic rings. The van der Waals surface area contributed by atoms with Gasteiger partial charge >= 0.3 is 0 Å². The Kier molecular flexibility index (Phi) is 5.99. The van der Waals surface area contributed by atoms with Gasteiger partial charge in [0.15, 0.2) is 0 Å². The molecule has 0 amide bonds. The molecule has 4 aromatic carbocycles. The standard InChI is InChI=1S/C42H33N3/c1-28-11-8-22-41-42(28)37-18-4-7-21-40(37)45(41)34-15-10-13-30(25-34)32-23-31(26-43-27-32)29-12-9-14-33(24-29)44-38-19-5-2-16-35(38)36-17-3-6-20-39(36)44/h2-5,7-10,12-19,21-28H,6,11,20H2,1H3. The van der Waals surface area contributed by atoms with Crippen molar-refractivity contribution < 1.29 is 0 Å². The minimum absolute atomic E-state index is 0.502. The average molecular weight is 580 g/mol. The van der Waals surface area contributed by atoms with Crippen LogP contribution in [-0.4, -0.2) is 14.1 Å². The molecule has 0 N–H and O–H groups in total. The number of hydrogen-bond donors (Lipinski definition) is 0. The molecule has 216 valence electrons. The average Bonchev–Trinajstić information content (AvgIpc) is 3.62. The molecule has 0 fully saturated rings. The van der Waals surface area contributed by atoms with Gasteiger partial charge in [-0.25, -0.2) is 0 Å². The largest absolute Gasteiger partial charge is 0.313 e. The van der Waals surface area contributed by atoms with Crippen molar-refractivity contribution in [1.82, 2.24) is 14.1 Å². The topological polar surface area (TPSA) is 22.8 Å². The zero-order valence-corrected chi connectivity index (χ0v) is 25.3. The number of allylic oxidation sites excluding steroid dienone is 2. The molecular formula is C42H33N3. The fraction of sp³-hybridized carbons (Fsp3) is 0.119. The van der Waals surface area contributed by atoms with Crippen molar-refractivity contribution in [3.8, 4) is 33.6 Å². The summed E-state index contributed by atoms with van der Waals surface area (Å²) in [7, 11) is 0. The van der Waals surface area contributed by atoms with Crippen LogP contribution >= 0.6 is 0 Å². The van der Waals surface area contributed by atoms with Gasteiger partial charge in [0.2, 0.25) is 0 Å². The first-order valence-corrected chi connectivity index (χ1v) is 16.0. The minimum atomic E-state index is 0.502. The first-order valence-electron chi connectivity index (χ1n) is 16.0. The Bertz CT molecular complexity index is 2330. The second-order valence-corrected chi connectivity index (χ2v) is 12.4. The van der Waals surface area contributed by atoms with E-state index in [0.29, 0.717) is 5.92 Å². The van der Waals surface area contributed by atoms with Gasteiger partial charge in [0.1, 0.15) is 0 Å². The molecular weight excluding hydrogens is 546 g/mol. The molecule has 3 aromatic heterocycles. The number of fused-ring (bicyclic) bond motifs is 6. The van der Waals surface area contributed by atoms with Crippen LogP contribution in [0.25, 0.3) is 67.6 Å². The Morgan fingerprint density at radius 1 is 0.622 bits per heavy atom. The second kappa shape index (κ2) is 10.3. The van der Waals surface area contributed by atoms with Crippen LogP contribution in [0.15, 0.2) is 128 Å². The van der Waals surface area contributed by atoms with E-state index in [2.05, 4.69) is 143 Å². The maximum atomic E-state index is 4.74. The minimum Gasteiger partial charge on any atom is -0.313 e. The van der Waals surface area contributed by atoms with Crippen molar-refractivity contribution in [3.05, 3.63) is 150 Å². The zero-order valence-electron chi connectivity index (χ0n) is 25.3. The van der Waals surface area contributed by atoms with E-state index in [1.54, 1.807) is 0 Å². The van der Waals surface area contributed by atoms with Gasteiger partial charge in [-0.1, -0.05) is 85.8 Å². The summed E-state index contributed by atoms with van der Waals surface area (Å²) in [6, 6.07) is 37.7. The van der Waals surface area contributed by atoms with Crippen LogP contribution in [0.4, 0.5) is 0 Å². The summed E-state index contributed by atoms with van der Waals surface area (Å²) < 4.78 is 4.88. The third-order valence-corrected chi connectivity index (χ3v) is 9.67. The SMILES string of the molecule is CC1CC=Cc2c1c1ccccc1n2-c1cccc(-c2cncc(-c3cccc(-n4c5c(c6ccccc64)C=CCC5)c3)c2)c1. The molecule has 0 radical (unpaired) electrons. The highest BCUT2D eigenvalue weighted by Crippen LogP contribution is 2.40. The van der Waals surface area contributed by atoms with Crippen molar-refractivity contribution in [2.45, 2.75) is 32.1 Å². The molecule has 0 aliphatic heterocycles. The lowest BCUT2D eigenvalue weighted by atomic mass is 9.91. The van der Waals surface area contributed by atoms with Crippen LogP contribution in [-0.2, 0) is 6.42 Å². The fourth-order valence-corrected chi connectivity index (χ4v) is 7.62. The number of aromatic nitrogens is 3. The molecule has 45 heavy (non-hydrogen) atoms. The molecule has 3 nitrogen and oxygen atoms in total. The molecule has 0 saturated heterocycles. The first kappa shape index (κ1) is 26.0. The van der Waals surface area contributed by atoms with E-state index < -0.39 is 0 Å². The summed E-state index contributed by atoms with van der Waals surface area (Å²) in [6.07, 6.45) is 16.4. The summed E-state index contributed by atoms with van der Waals surface area (Å²) >= 11 is 0. The van der Waals surface area contributed by atoms with Crippen molar-refractivity contribution >= 4 is 34.0 Å². The molecule has 3 heterocycles. The predicted octanol–water partition coefficient (Wildman–Crippen LogP) is 10.8. The van der Waals surface area contributed by atoms with Crippen molar-refractivity contribution in [1.29, 1.82) is 0 Å². The Balaban J connectivity index is 1.13. The smallest absolute Gasteiger partial charge is 0.0537 e. The van der Waals surface area contributed by atoms with E-state index in [1.807, 2.05) is 12.4 Å². The van der Waals surface area contributed by atoms with E-state index in [0.717, 1.165) is 36.0 Å². The van der Waals surface area contributed by atoms with Crippen molar-refractivity contribution in [3.63, 3.8) is 0 Å². The van der Waals surface area contributed by atoms with Gasteiger partial charge in [0.05, 0.1) is 11.0 Å². The number of benzene rings is 4. The Morgan fingerprint density at radius 3 is 2.04 bits per heavy atom. The second-order valence-electron chi connectivity index (χ2n) is 12.4. The van der Waals surface area contributed by atoms with E-state index >= 15 is 0 Å². The molecule has 7 aromatic rings.